The molecule has 0 aliphatic rings. The summed E-state index contributed by atoms with van der Waals surface area (Å²) in [5.74, 6) is 0.214. The van der Waals surface area contributed by atoms with Crippen LogP contribution < -0.4 is 10.1 Å². The zero-order valence-electron chi connectivity index (χ0n) is 12.1. The summed E-state index contributed by atoms with van der Waals surface area (Å²) in [7, 11) is 3.10. The Balaban J connectivity index is 2.02. The van der Waals surface area contributed by atoms with Gasteiger partial charge in [-0.15, -0.1) is 0 Å². The van der Waals surface area contributed by atoms with E-state index in [1.165, 1.54) is 18.1 Å². The van der Waals surface area contributed by atoms with Gasteiger partial charge in [-0.2, -0.15) is 0 Å². The Morgan fingerprint density at radius 1 is 1.39 bits per heavy atom. The molecule has 0 unspecified atom stereocenters. The van der Waals surface area contributed by atoms with Crippen molar-refractivity contribution in [2.24, 2.45) is 7.05 Å². The molecule has 3 aromatic rings. The van der Waals surface area contributed by atoms with Gasteiger partial charge in [-0.1, -0.05) is 21.9 Å². The first-order chi connectivity index (χ1) is 11.1. The van der Waals surface area contributed by atoms with Crippen molar-refractivity contribution in [2.75, 3.05) is 12.4 Å². The SMILES string of the molecule is COc1ccc(C(=O)Nc2nnnn2C)c(Cl)c1-c1ccon1. The minimum absolute atomic E-state index is 0.186. The van der Waals surface area contributed by atoms with E-state index < -0.39 is 5.91 Å². The van der Waals surface area contributed by atoms with E-state index in [1.54, 1.807) is 25.2 Å². The minimum Gasteiger partial charge on any atom is -0.496 e. The van der Waals surface area contributed by atoms with E-state index in [2.05, 4.69) is 26.0 Å². The maximum absolute atomic E-state index is 12.4. The van der Waals surface area contributed by atoms with Gasteiger partial charge in [0.15, 0.2) is 0 Å². The second-order valence-corrected chi connectivity index (χ2v) is 4.85. The number of anilines is 1. The van der Waals surface area contributed by atoms with Crippen LogP contribution in [0.3, 0.4) is 0 Å². The molecule has 0 aliphatic carbocycles. The number of amides is 1. The zero-order valence-corrected chi connectivity index (χ0v) is 12.9. The molecule has 0 saturated heterocycles. The number of aromatic nitrogens is 5. The summed E-state index contributed by atoms with van der Waals surface area (Å²) in [6, 6.07) is 4.79. The quantitative estimate of drug-likeness (QED) is 0.774. The van der Waals surface area contributed by atoms with E-state index in [-0.39, 0.29) is 16.5 Å². The Hall–Kier alpha value is -2.94. The fourth-order valence-electron chi connectivity index (χ4n) is 1.99. The molecule has 0 saturated carbocycles. The Kier molecular flexibility index (Phi) is 3.94. The summed E-state index contributed by atoms with van der Waals surface area (Å²) in [5.41, 5.74) is 1.15. The average Bonchev–Trinajstić information content (AvgIpc) is 3.19. The van der Waals surface area contributed by atoms with Gasteiger partial charge in [0.1, 0.15) is 17.7 Å². The van der Waals surface area contributed by atoms with Crippen LogP contribution in [0.2, 0.25) is 5.02 Å². The molecular weight excluding hydrogens is 324 g/mol. The Morgan fingerprint density at radius 2 is 2.22 bits per heavy atom. The molecule has 3 rings (SSSR count). The number of ether oxygens (including phenoxy) is 1. The number of rotatable bonds is 4. The van der Waals surface area contributed by atoms with Crippen LogP contribution >= 0.6 is 11.6 Å². The van der Waals surface area contributed by atoms with Gasteiger partial charge >= 0.3 is 0 Å². The topological polar surface area (TPSA) is 108 Å². The van der Waals surface area contributed by atoms with Crippen LogP contribution in [0.15, 0.2) is 29.0 Å². The van der Waals surface area contributed by atoms with Crippen LogP contribution in [0.1, 0.15) is 10.4 Å². The van der Waals surface area contributed by atoms with E-state index in [0.29, 0.717) is 17.0 Å². The second-order valence-electron chi connectivity index (χ2n) is 4.47. The number of aryl methyl sites for hydroxylation is 1. The van der Waals surface area contributed by atoms with E-state index in [0.717, 1.165) is 0 Å². The number of benzene rings is 1. The third-order valence-corrected chi connectivity index (χ3v) is 3.50. The third-order valence-electron chi connectivity index (χ3n) is 3.11. The summed E-state index contributed by atoms with van der Waals surface area (Å²) in [6.45, 7) is 0. The zero-order chi connectivity index (χ0) is 16.4. The first-order valence-corrected chi connectivity index (χ1v) is 6.80. The largest absolute Gasteiger partial charge is 0.496 e. The van der Waals surface area contributed by atoms with Crippen molar-refractivity contribution in [2.45, 2.75) is 0 Å². The molecule has 1 N–H and O–H groups in total. The van der Waals surface area contributed by atoms with Crippen molar-refractivity contribution < 1.29 is 14.1 Å². The molecule has 1 aromatic carbocycles. The molecule has 118 valence electrons. The fraction of sp³-hybridized carbons (Fsp3) is 0.154. The van der Waals surface area contributed by atoms with E-state index >= 15 is 0 Å². The molecule has 1 amide bonds. The molecule has 0 aliphatic heterocycles. The van der Waals surface area contributed by atoms with E-state index in [1.807, 2.05) is 0 Å². The standard InChI is InChI=1S/C13H11ClN6O3/c1-20-13(16-18-19-20)15-12(21)7-3-4-9(22-2)10(11(7)14)8-5-6-23-17-8/h3-6H,1-2H3,(H,15,16,19,21). The van der Waals surface area contributed by atoms with Crippen molar-refractivity contribution in [1.82, 2.24) is 25.4 Å². The normalized spacial score (nSPS) is 10.6. The Bertz CT molecular complexity index is 846. The van der Waals surface area contributed by atoms with Gasteiger partial charge in [0.2, 0.25) is 5.95 Å². The molecule has 10 heteroatoms. The van der Waals surface area contributed by atoms with Crippen LogP contribution in [0.4, 0.5) is 5.95 Å². The fourth-order valence-corrected chi connectivity index (χ4v) is 2.33. The molecule has 2 aromatic heterocycles. The first kappa shape index (κ1) is 15.0. The van der Waals surface area contributed by atoms with Crippen LogP contribution in [-0.4, -0.2) is 38.4 Å². The van der Waals surface area contributed by atoms with Crippen LogP contribution in [0.25, 0.3) is 11.3 Å². The predicted octanol–water partition coefficient (Wildman–Crippen LogP) is 1.78. The van der Waals surface area contributed by atoms with Crippen molar-refractivity contribution in [1.29, 1.82) is 0 Å². The number of nitrogens with zero attached hydrogens (tertiary/aromatic N) is 5. The van der Waals surface area contributed by atoms with Crippen molar-refractivity contribution >= 4 is 23.5 Å². The van der Waals surface area contributed by atoms with Crippen LogP contribution in [-0.2, 0) is 7.05 Å². The average molecular weight is 335 g/mol. The summed E-state index contributed by atoms with van der Waals surface area (Å²) in [4.78, 5) is 12.4. The number of tetrazole rings is 1. The summed E-state index contributed by atoms with van der Waals surface area (Å²) in [5, 5.41) is 17.4. The number of halogens is 1. The van der Waals surface area contributed by atoms with E-state index in [4.69, 9.17) is 20.9 Å². The second kappa shape index (κ2) is 6.05. The molecule has 2 heterocycles. The van der Waals surface area contributed by atoms with Crippen LogP contribution in [0, 0.1) is 0 Å². The smallest absolute Gasteiger partial charge is 0.259 e. The summed E-state index contributed by atoms with van der Waals surface area (Å²) >= 11 is 6.38. The molecule has 23 heavy (non-hydrogen) atoms. The van der Waals surface area contributed by atoms with Crippen molar-refractivity contribution in [3.05, 3.63) is 35.0 Å². The van der Waals surface area contributed by atoms with Crippen molar-refractivity contribution in [3.63, 3.8) is 0 Å². The molecule has 0 fully saturated rings. The molecule has 0 atom stereocenters. The summed E-state index contributed by atoms with van der Waals surface area (Å²) < 4.78 is 11.4. The highest BCUT2D eigenvalue weighted by atomic mass is 35.5. The highest BCUT2D eigenvalue weighted by Crippen LogP contribution is 2.38. The lowest BCUT2D eigenvalue weighted by Gasteiger charge is -2.12. The molecule has 9 nitrogen and oxygen atoms in total. The lowest BCUT2D eigenvalue weighted by atomic mass is 10.1. The number of methoxy groups -OCH3 is 1. The van der Waals surface area contributed by atoms with Gasteiger partial charge in [0.05, 0.1) is 23.3 Å². The molecule has 0 bridgehead atoms. The predicted molar refractivity (Wildman–Crippen MR) is 80.3 cm³/mol. The highest BCUT2D eigenvalue weighted by molar-refractivity contribution is 6.37. The molecular formula is C13H11ClN6O3. The van der Waals surface area contributed by atoms with Gasteiger partial charge < -0.3 is 9.26 Å². The number of hydrogen-bond acceptors (Lipinski definition) is 7. The lowest BCUT2D eigenvalue weighted by Crippen LogP contribution is -2.16. The Morgan fingerprint density at radius 3 is 2.83 bits per heavy atom. The van der Waals surface area contributed by atoms with Crippen molar-refractivity contribution in [3.8, 4) is 17.0 Å². The van der Waals surface area contributed by atoms with Gasteiger partial charge in [0.25, 0.3) is 5.91 Å². The number of hydrogen-bond donors (Lipinski definition) is 1. The third kappa shape index (κ3) is 2.73. The molecule has 0 spiro atoms. The lowest BCUT2D eigenvalue weighted by molar-refractivity contribution is 0.102. The van der Waals surface area contributed by atoms with Gasteiger partial charge in [-0.3, -0.25) is 10.1 Å². The Labute approximate surface area is 135 Å². The van der Waals surface area contributed by atoms with Gasteiger partial charge in [-0.25, -0.2) is 4.68 Å². The first-order valence-electron chi connectivity index (χ1n) is 6.42. The number of carbonyl (C=O) groups excluding carboxylic acids is 1. The van der Waals surface area contributed by atoms with Gasteiger partial charge in [0, 0.05) is 13.1 Å². The number of carbonyl (C=O) groups is 1. The maximum Gasteiger partial charge on any atom is 0.259 e. The minimum atomic E-state index is -0.458. The number of nitrogens with one attached hydrogen (secondary N) is 1. The highest BCUT2D eigenvalue weighted by Gasteiger charge is 2.21. The molecule has 0 radical (unpaired) electrons. The monoisotopic (exact) mass is 334 g/mol. The van der Waals surface area contributed by atoms with Crippen LogP contribution in [0.5, 0.6) is 5.75 Å². The maximum atomic E-state index is 12.4. The van der Waals surface area contributed by atoms with Gasteiger partial charge in [-0.05, 0) is 22.6 Å². The van der Waals surface area contributed by atoms with E-state index in [9.17, 15) is 4.79 Å². The summed E-state index contributed by atoms with van der Waals surface area (Å²) in [6.07, 6.45) is 1.41.